The number of halogens is 3. The molecule has 9 nitrogen and oxygen atoms in total. The second kappa shape index (κ2) is 9.21. The van der Waals surface area contributed by atoms with E-state index in [1.807, 2.05) is 4.57 Å². The average Bonchev–Trinajstić information content (AvgIpc) is 3.47. The minimum atomic E-state index is -2.95. The SMILES string of the molecule is O=CNC1CC(OC(F)F)CC(n2c(-c3ccccc3F)nc3cnc(-c4ncn[nH]4)cc32)C1. The number of imidazole rings is 1. The first kappa shape index (κ1) is 22.0. The van der Waals surface area contributed by atoms with Crippen molar-refractivity contribution < 1.29 is 22.7 Å². The molecule has 34 heavy (non-hydrogen) atoms. The Balaban J connectivity index is 1.67. The molecule has 176 valence electrons. The largest absolute Gasteiger partial charge is 0.356 e. The Labute approximate surface area is 191 Å². The molecular weight excluding hydrogens is 451 g/mol. The predicted molar refractivity (Wildman–Crippen MR) is 115 cm³/mol. The molecule has 1 fully saturated rings. The van der Waals surface area contributed by atoms with E-state index in [4.69, 9.17) is 4.74 Å². The highest BCUT2D eigenvalue weighted by Crippen LogP contribution is 2.38. The van der Waals surface area contributed by atoms with Crippen molar-refractivity contribution in [1.82, 2.24) is 35.0 Å². The topological polar surface area (TPSA) is 111 Å². The number of aromatic amines is 1. The highest BCUT2D eigenvalue weighted by Gasteiger charge is 2.34. The number of nitrogens with one attached hydrogen (secondary N) is 2. The van der Waals surface area contributed by atoms with Crippen LogP contribution in [-0.2, 0) is 9.53 Å². The normalized spacial score (nSPS) is 20.6. The molecule has 1 aromatic carbocycles. The molecule has 1 saturated carbocycles. The Morgan fingerprint density at radius 3 is 2.79 bits per heavy atom. The second-order valence-corrected chi connectivity index (χ2v) is 8.04. The molecule has 1 amide bonds. The quantitative estimate of drug-likeness (QED) is 0.400. The van der Waals surface area contributed by atoms with Gasteiger partial charge in [-0.3, -0.25) is 14.9 Å². The smallest absolute Gasteiger partial charge is 0.345 e. The molecule has 3 heterocycles. The Morgan fingerprint density at radius 2 is 2.06 bits per heavy atom. The number of nitrogens with zero attached hydrogens (tertiary/aromatic N) is 5. The van der Waals surface area contributed by atoms with Crippen LogP contribution < -0.4 is 5.32 Å². The zero-order valence-electron chi connectivity index (χ0n) is 17.7. The van der Waals surface area contributed by atoms with Gasteiger partial charge in [0, 0.05) is 12.1 Å². The lowest BCUT2D eigenvalue weighted by Crippen LogP contribution is -2.41. The van der Waals surface area contributed by atoms with Crippen LogP contribution in [0.2, 0.25) is 0 Å². The van der Waals surface area contributed by atoms with Crippen molar-refractivity contribution in [2.24, 2.45) is 0 Å². The fourth-order valence-corrected chi connectivity index (χ4v) is 4.60. The van der Waals surface area contributed by atoms with Gasteiger partial charge in [-0.25, -0.2) is 14.4 Å². The number of alkyl halides is 2. The fraction of sp³-hybridized carbons (Fsp3) is 0.318. The molecular formula is C22H20F3N7O2. The number of hydrogen-bond donors (Lipinski definition) is 2. The maximum Gasteiger partial charge on any atom is 0.345 e. The summed E-state index contributed by atoms with van der Waals surface area (Å²) >= 11 is 0. The van der Waals surface area contributed by atoms with Gasteiger partial charge in [0.15, 0.2) is 5.82 Å². The van der Waals surface area contributed by atoms with Crippen molar-refractivity contribution in [3.63, 3.8) is 0 Å². The van der Waals surface area contributed by atoms with Crippen LogP contribution in [0.15, 0.2) is 42.9 Å². The van der Waals surface area contributed by atoms with E-state index in [-0.39, 0.29) is 18.4 Å². The van der Waals surface area contributed by atoms with Gasteiger partial charge < -0.3 is 14.6 Å². The Kier molecular flexibility index (Phi) is 5.97. The van der Waals surface area contributed by atoms with Crippen LogP contribution in [0.4, 0.5) is 13.2 Å². The fourth-order valence-electron chi connectivity index (χ4n) is 4.60. The summed E-state index contributed by atoms with van der Waals surface area (Å²) in [5.74, 6) is 0.295. The first-order valence-electron chi connectivity index (χ1n) is 10.7. The molecule has 3 unspecified atom stereocenters. The first-order chi connectivity index (χ1) is 16.5. The molecule has 2 N–H and O–H groups in total. The monoisotopic (exact) mass is 471 g/mol. The van der Waals surface area contributed by atoms with E-state index in [2.05, 4.69) is 30.5 Å². The van der Waals surface area contributed by atoms with Gasteiger partial charge in [0.2, 0.25) is 6.41 Å². The molecule has 4 aromatic rings. The summed E-state index contributed by atoms with van der Waals surface area (Å²) in [5, 5.41) is 9.28. The van der Waals surface area contributed by atoms with Gasteiger partial charge in [0.25, 0.3) is 0 Å². The van der Waals surface area contributed by atoms with Gasteiger partial charge in [-0.15, -0.1) is 0 Å². The van der Waals surface area contributed by atoms with Crippen molar-refractivity contribution in [2.45, 2.75) is 44.1 Å². The molecule has 1 aliphatic rings. The number of hydrogen-bond acceptors (Lipinski definition) is 6. The number of benzene rings is 1. The highest BCUT2D eigenvalue weighted by molar-refractivity contribution is 5.83. The summed E-state index contributed by atoms with van der Waals surface area (Å²) in [4.78, 5) is 24.3. The van der Waals surface area contributed by atoms with E-state index < -0.39 is 30.6 Å². The van der Waals surface area contributed by atoms with Gasteiger partial charge in [-0.05, 0) is 37.5 Å². The van der Waals surface area contributed by atoms with Gasteiger partial charge in [-0.1, -0.05) is 12.1 Å². The summed E-state index contributed by atoms with van der Waals surface area (Å²) in [5.41, 5.74) is 1.87. The van der Waals surface area contributed by atoms with E-state index in [1.54, 1.807) is 30.5 Å². The summed E-state index contributed by atoms with van der Waals surface area (Å²) in [6.07, 6.45) is 3.53. The third kappa shape index (κ3) is 4.23. The van der Waals surface area contributed by atoms with Crippen LogP contribution in [0.3, 0.4) is 0 Å². The third-order valence-electron chi connectivity index (χ3n) is 5.95. The van der Waals surface area contributed by atoms with Crippen molar-refractivity contribution in [3.8, 4) is 22.9 Å². The van der Waals surface area contributed by atoms with Crippen molar-refractivity contribution in [2.75, 3.05) is 0 Å². The molecule has 1 aliphatic carbocycles. The Hall–Kier alpha value is -3.80. The van der Waals surface area contributed by atoms with Gasteiger partial charge in [0.1, 0.15) is 29.2 Å². The number of carbonyl (C=O) groups is 1. The lowest BCUT2D eigenvalue weighted by Gasteiger charge is -2.36. The number of fused-ring (bicyclic) bond motifs is 1. The maximum absolute atomic E-state index is 14.8. The van der Waals surface area contributed by atoms with E-state index in [0.717, 1.165) is 0 Å². The molecule has 0 spiro atoms. The number of carbonyl (C=O) groups excluding carboxylic acids is 1. The van der Waals surface area contributed by atoms with E-state index in [0.29, 0.717) is 41.2 Å². The molecule has 3 aromatic heterocycles. The second-order valence-electron chi connectivity index (χ2n) is 8.04. The number of ether oxygens (including phenoxy) is 1. The molecule has 0 saturated heterocycles. The standard InChI is InChI=1S/C22H20F3N7O2/c23-16-4-2-1-3-15(16)21-30-18-9-26-17(20-27-10-29-31-20)8-19(18)32(21)13-5-12(28-11-33)6-14(7-13)34-22(24)25/h1-4,8-14,22H,5-7H2,(H,28,33)(H,27,29,31). The van der Waals surface area contributed by atoms with E-state index in [9.17, 15) is 18.0 Å². The molecule has 0 radical (unpaired) electrons. The zero-order valence-corrected chi connectivity index (χ0v) is 17.7. The number of rotatable bonds is 7. The lowest BCUT2D eigenvalue weighted by molar-refractivity contribution is -0.174. The zero-order chi connectivity index (χ0) is 23.7. The van der Waals surface area contributed by atoms with Gasteiger partial charge in [-0.2, -0.15) is 13.9 Å². The summed E-state index contributed by atoms with van der Waals surface area (Å²) < 4.78 is 47.6. The first-order valence-corrected chi connectivity index (χ1v) is 10.7. The van der Waals surface area contributed by atoms with Crippen molar-refractivity contribution in [1.29, 1.82) is 0 Å². The van der Waals surface area contributed by atoms with Crippen LogP contribution in [0.25, 0.3) is 33.9 Å². The highest BCUT2D eigenvalue weighted by atomic mass is 19.3. The van der Waals surface area contributed by atoms with Gasteiger partial charge >= 0.3 is 6.61 Å². The number of pyridine rings is 1. The van der Waals surface area contributed by atoms with Gasteiger partial charge in [0.05, 0.1) is 23.4 Å². The molecule has 3 atom stereocenters. The van der Waals surface area contributed by atoms with Crippen molar-refractivity contribution in [3.05, 3.63) is 48.7 Å². The predicted octanol–water partition coefficient (Wildman–Crippen LogP) is 3.47. The van der Waals surface area contributed by atoms with Crippen LogP contribution in [0.1, 0.15) is 25.3 Å². The summed E-state index contributed by atoms with van der Waals surface area (Å²) in [6.45, 7) is -2.95. The molecule has 0 aliphatic heterocycles. The Morgan fingerprint density at radius 1 is 1.21 bits per heavy atom. The van der Waals surface area contributed by atoms with E-state index >= 15 is 0 Å². The number of amides is 1. The maximum atomic E-state index is 14.8. The Bertz CT molecular complexity index is 1300. The minimum absolute atomic E-state index is 0.230. The number of aromatic nitrogens is 6. The molecule has 5 rings (SSSR count). The lowest BCUT2D eigenvalue weighted by atomic mass is 9.88. The molecule has 12 heteroatoms. The van der Waals surface area contributed by atoms with Crippen LogP contribution in [-0.4, -0.2) is 54.9 Å². The average molecular weight is 471 g/mol. The summed E-state index contributed by atoms with van der Waals surface area (Å²) in [7, 11) is 0. The summed E-state index contributed by atoms with van der Waals surface area (Å²) in [6, 6.07) is 7.13. The van der Waals surface area contributed by atoms with Crippen LogP contribution in [0, 0.1) is 5.82 Å². The number of H-pyrrole nitrogens is 1. The minimum Gasteiger partial charge on any atom is -0.356 e. The van der Waals surface area contributed by atoms with Crippen LogP contribution >= 0.6 is 0 Å². The molecule has 0 bridgehead atoms. The van der Waals surface area contributed by atoms with Crippen LogP contribution in [0.5, 0.6) is 0 Å². The third-order valence-corrected chi connectivity index (χ3v) is 5.95. The van der Waals surface area contributed by atoms with Crippen molar-refractivity contribution >= 4 is 17.4 Å². The van der Waals surface area contributed by atoms with E-state index in [1.165, 1.54) is 12.4 Å².